The molecular weight excluding hydrogens is 228 g/mol. The third-order valence-corrected chi connectivity index (χ3v) is 3.03. The fourth-order valence-corrected chi connectivity index (χ4v) is 2.17. The molecule has 0 N–H and O–H groups in total. The van der Waals surface area contributed by atoms with Gasteiger partial charge in [0.2, 0.25) is 0 Å². The standard InChI is InChI=1S/C14H10N2O2/c1-9-4-2-6-11-12(9)14(18)16(13(11)17)10-5-3-7-15-8-10/h2-8H,1H3. The smallest absolute Gasteiger partial charge is 0.266 e. The predicted molar refractivity (Wildman–Crippen MR) is 66.6 cm³/mol. The van der Waals surface area contributed by atoms with Crippen LogP contribution in [0.15, 0.2) is 42.7 Å². The fraction of sp³-hybridized carbons (Fsp3) is 0.0714. The van der Waals surface area contributed by atoms with Crippen molar-refractivity contribution in [3.8, 4) is 0 Å². The number of anilines is 1. The molecule has 1 aromatic heterocycles. The van der Waals surface area contributed by atoms with Crippen molar-refractivity contribution in [3.63, 3.8) is 0 Å². The average molecular weight is 238 g/mol. The van der Waals surface area contributed by atoms with Gasteiger partial charge in [0.05, 0.1) is 23.0 Å². The number of imide groups is 1. The van der Waals surface area contributed by atoms with Gasteiger partial charge in [-0.05, 0) is 30.7 Å². The van der Waals surface area contributed by atoms with Crippen LogP contribution in [0.1, 0.15) is 26.3 Å². The molecule has 4 heteroatoms. The van der Waals surface area contributed by atoms with Crippen molar-refractivity contribution in [3.05, 3.63) is 59.4 Å². The Kier molecular flexibility index (Phi) is 2.23. The summed E-state index contributed by atoms with van der Waals surface area (Å²) in [4.78, 5) is 29.7. The molecule has 2 amide bonds. The molecule has 2 aromatic rings. The number of carbonyl (C=O) groups excluding carboxylic acids is 2. The number of benzene rings is 1. The third-order valence-electron chi connectivity index (χ3n) is 3.03. The van der Waals surface area contributed by atoms with Crippen molar-refractivity contribution in [2.24, 2.45) is 0 Å². The van der Waals surface area contributed by atoms with E-state index in [9.17, 15) is 9.59 Å². The zero-order chi connectivity index (χ0) is 12.7. The number of nitrogens with zero attached hydrogens (tertiary/aromatic N) is 2. The van der Waals surface area contributed by atoms with Crippen molar-refractivity contribution >= 4 is 17.5 Å². The lowest BCUT2D eigenvalue weighted by Gasteiger charge is -2.12. The summed E-state index contributed by atoms with van der Waals surface area (Å²) in [5.41, 5.74) is 2.27. The Labute approximate surface area is 104 Å². The summed E-state index contributed by atoms with van der Waals surface area (Å²) in [6.07, 6.45) is 3.12. The molecule has 3 rings (SSSR count). The summed E-state index contributed by atoms with van der Waals surface area (Å²) in [7, 11) is 0. The van der Waals surface area contributed by atoms with Crippen molar-refractivity contribution in [1.29, 1.82) is 0 Å². The number of hydrogen-bond acceptors (Lipinski definition) is 3. The van der Waals surface area contributed by atoms with Gasteiger partial charge in [-0.25, -0.2) is 4.90 Å². The summed E-state index contributed by atoms with van der Waals surface area (Å²) in [5, 5.41) is 0. The number of pyridine rings is 1. The van der Waals surface area contributed by atoms with Crippen LogP contribution in [0, 0.1) is 6.92 Å². The molecule has 18 heavy (non-hydrogen) atoms. The van der Waals surface area contributed by atoms with Crippen molar-refractivity contribution < 1.29 is 9.59 Å². The Morgan fingerprint density at radius 1 is 1.06 bits per heavy atom. The van der Waals surface area contributed by atoms with Crippen LogP contribution >= 0.6 is 0 Å². The molecule has 0 atom stereocenters. The lowest BCUT2D eigenvalue weighted by atomic mass is 10.0. The molecule has 4 nitrogen and oxygen atoms in total. The SMILES string of the molecule is Cc1cccc2c1C(=O)N(c1cccnc1)C2=O. The maximum absolute atomic E-state index is 12.3. The average Bonchev–Trinajstić information content (AvgIpc) is 2.64. The van der Waals surface area contributed by atoms with Gasteiger partial charge in [0, 0.05) is 6.20 Å². The highest BCUT2D eigenvalue weighted by Gasteiger charge is 2.37. The Hall–Kier alpha value is -2.49. The number of fused-ring (bicyclic) bond motifs is 1. The van der Waals surface area contributed by atoms with E-state index in [1.54, 1.807) is 30.5 Å². The fourth-order valence-electron chi connectivity index (χ4n) is 2.17. The quantitative estimate of drug-likeness (QED) is 0.715. The number of aromatic nitrogens is 1. The van der Waals surface area contributed by atoms with Crippen LogP contribution in [0.25, 0.3) is 0 Å². The van der Waals surface area contributed by atoms with Crippen LogP contribution in [-0.4, -0.2) is 16.8 Å². The van der Waals surface area contributed by atoms with Gasteiger partial charge in [-0.15, -0.1) is 0 Å². The molecule has 0 bridgehead atoms. The van der Waals surface area contributed by atoms with Gasteiger partial charge in [0.1, 0.15) is 0 Å². The van der Waals surface area contributed by atoms with Crippen LogP contribution in [0.5, 0.6) is 0 Å². The molecule has 0 spiro atoms. The van der Waals surface area contributed by atoms with Crippen LogP contribution in [-0.2, 0) is 0 Å². The molecule has 88 valence electrons. The Morgan fingerprint density at radius 2 is 1.89 bits per heavy atom. The molecule has 2 heterocycles. The van der Waals surface area contributed by atoms with Gasteiger partial charge in [0.15, 0.2) is 0 Å². The van der Waals surface area contributed by atoms with E-state index >= 15 is 0 Å². The Balaban J connectivity index is 2.17. The van der Waals surface area contributed by atoms with E-state index in [0.29, 0.717) is 16.8 Å². The van der Waals surface area contributed by atoms with E-state index in [4.69, 9.17) is 0 Å². The van der Waals surface area contributed by atoms with Gasteiger partial charge in [-0.2, -0.15) is 0 Å². The van der Waals surface area contributed by atoms with Gasteiger partial charge in [-0.3, -0.25) is 14.6 Å². The second-order valence-corrected chi connectivity index (χ2v) is 4.15. The summed E-state index contributed by atoms with van der Waals surface area (Å²) in [6, 6.07) is 8.69. The molecule has 0 fully saturated rings. The summed E-state index contributed by atoms with van der Waals surface area (Å²) >= 11 is 0. The largest absolute Gasteiger partial charge is 0.268 e. The third kappa shape index (κ3) is 1.35. The van der Waals surface area contributed by atoms with Gasteiger partial charge < -0.3 is 0 Å². The van der Waals surface area contributed by atoms with Crippen LogP contribution < -0.4 is 4.90 Å². The van der Waals surface area contributed by atoms with Crippen molar-refractivity contribution in [1.82, 2.24) is 4.98 Å². The zero-order valence-corrected chi connectivity index (χ0v) is 9.75. The zero-order valence-electron chi connectivity index (χ0n) is 9.75. The molecule has 0 radical (unpaired) electrons. The molecule has 1 aliphatic heterocycles. The summed E-state index contributed by atoms with van der Waals surface area (Å²) in [5.74, 6) is -0.562. The van der Waals surface area contributed by atoms with E-state index in [0.717, 1.165) is 5.56 Å². The van der Waals surface area contributed by atoms with E-state index < -0.39 is 0 Å². The van der Waals surface area contributed by atoms with E-state index in [2.05, 4.69) is 4.98 Å². The lowest BCUT2D eigenvalue weighted by molar-refractivity contribution is 0.0926. The van der Waals surface area contributed by atoms with E-state index in [1.807, 2.05) is 13.0 Å². The number of hydrogen-bond donors (Lipinski definition) is 0. The van der Waals surface area contributed by atoms with Crippen LogP contribution in [0.4, 0.5) is 5.69 Å². The predicted octanol–water partition coefficient (Wildman–Crippen LogP) is 2.19. The van der Waals surface area contributed by atoms with Crippen molar-refractivity contribution in [2.45, 2.75) is 6.92 Å². The number of carbonyl (C=O) groups is 2. The minimum atomic E-state index is -0.285. The van der Waals surface area contributed by atoms with E-state index in [-0.39, 0.29) is 11.8 Å². The first-order chi connectivity index (χ1) is 8.70. The lowest BCUT2D eigenvalue weighted by Crippen LogP contribution is -2.29. The van der Waals surface area contributed by atoms with Crippen molar-refractivity contribution in [2.75, 3.05) is 4.90 Å². The topological polar surface area (TPSA) is 50.3 Å². The number of rotatable bonds is 1. The normalized spacial score (nSPS) is 13.9. The first-order valence-electron chi connectivity index (χ1n) is 5.58. The second-order valence-electron chi connectivity index (χ2n) is 4.15. The minimum Gasteiger partial charge on any atom is -0.268 e. The molecule has 0 saturated carbocycles. The van der Waals surface area contributed by atoms with Crippen LogP contribution in [0.2, 0.25) is 0 Å². The summed E-state index contributed by atoms with van der Waals surface area (Å²) in [6.45, 7) is 1.83. The van der Waals surface area contributed by atoms with E-state index in [1.165, 1.54) is 11.1 Å². The van der Waals surface area contributed by atoms with Crippen LogP contribution in [0.3, 0.4) is 0 Å². The minimum absolute atomic E-state index is 0.277. The first-order valence-corrected chi connectivity index (χ1v) is 5.58. The molecule has 0 unspecified atom stereocenters. The highest BCUT2D eigenvalue weighted by atomic mass is 16.2. The second kappa shape index (κ2) is 3.77. The maximum Gasteiger partial charge on any atom is 0.266 e. The maximum atomic E-state index is 12.3. The van der Waals surface area contributed by atoms with Gasteiger partial charge in [-0.1, -0.05) is 12.1 Å². The highest BCUT2D eigenvalue weighted by molar-refractivity contribution is 6.34. The Morgan fingerprint density at radius 3 is 2.56 bits per heavy atom. The van der Waals surface area contributed by atoms with Gasteiger partial charge in [0.25, 0.3) is 11.8 Å². The monoisotopic (exact) mass is 238 g/mol. The summed E-state index contributed by atoms with van der Waals surface area (Å²) < 4.78 is 0. The number of aryl methyl sites for hydroxylation is 1. The number of amides is 2. The molecule has 0 saturated heterocycles. The molecule has 0 aliphatic carbocycles. The molecule has 1 aromatic carbocycles. The van der Waals surface area contributed by atoms with Gasteiger partial charge >= 0.3 is 0 Å². The Bertz CT molecular complexity index is 650. The first kappa shape index (κ1) is 10.7. The molecular formula is C14H10N2O2. The molecule has 1 aliphatic rings. The highest BCUT2D eigenvalue weighted by Crippen LogP contribution is 2.29.